The van der Waals surface area contributed by atoms with Gasteiger partial charge in [0.15, 0.2) is 0 Å². The number of aryl methyl sites for hydroxylation is 2. The zero-order valence-corrected chi connectivity index (χ0v) is 11.0. The summed E-state index contributed by atoms with van der Waals surface area (Å²) < 4.78 is 0. The van der Waals surface area contributed by atoms with Crippen LogP contribution in [-0.4, -0.2) is 30.0 Å². The van der Waals surface area contributed by atoms with Crippen LogP contribution in [0.3, 0.4) is 0 Å². The summed E-state index contributed by atoms with van der Waals surface area (Å²) >= 11 is 1.85. The summed E-state index contributed by atoms with van der Waals surface area (Å²) in [5.74, 6) is 0. The van der Waals surface area contributed by atoms with Crippen LogP contribution in [-0.2, 0) is 6.42 Å². The highest BCUT2D eigenvalue weighted by molar-refractivity contribution is 7.11. The molecule has 0 aromatic carbocycles. The Morgan fingerprint density at radius 1 is 1.56 bits per heavy atom. The summed E-state index contributed by atoms with van der Waals surface area (Å²) in [6.07, 6.45) is 4.65. The third-order valence-electron chi connectivity index (χ3n) is 3.31. The van der Waals surface area contributed by atoms with Gasteiger partial charge in [0.05, 0.1) is 16.7 Å². The van der Waals surface area contributed by atoms with Gasteiger partial charge in [0.2, 0.25) is 0 Å². The normalized spacial score (nSPS) is 21.8. The zero-order valence-electron chi connectivity index (χ0n) is 10.2. The van der Waals surface area contributed by atoms with Crippen LogP contribution >= 0.6 is 11.3 Å². The van der Waals surface area contributed by atoms with Crippen molar-refractivity contribution in [3.05, 3.63) is 15.6 Å². The van der Waals surface area contributed by atoms with Gasteiger partial charge in [-0.3, -0.25) is 4.90 Å². The first-order chi connectivity index (χ1) is 7.72. The average Bonchev–Trinajstić information content (AvgIpc) is 2.82. The minimum atomic E-state index is 0.558. The van der Waals surface area contributed by atoms with Gasteiger partial charge in [0, 0.05) is 11.3 Å². The smallest absolute Gasteiger partial charge is 0.0932 e. The number of aromatic nitrogens is 1. The molecule has 1 saturated heterocycles. The summed E-state index contributed by atoms with van der Waals surface area (Å²) in [6.45, 7) is 4.17. The van der Waals surface area contributed by atoms with E-state index in [0.29, 0.717) is 6.04 Å². The van der Waals surface area contributed by atoms with Gasteiger partial charge in [-0.05, 0) is 46.3 Å². The second-order valence-electron chi connectivity index (χ2n) is 4.58. The molecule has 0 radical (unpaired) electrons. The maximum absolute atomic E-state index is 5.53. The molecule has 1 atom stereocenters. The van der Waals surface area contributed by atoms with Crippen molar-refractivity contribution >= 4 is 11.3 Å². The Morgan fingerprint density at radius 3 is 3.00 bits per heavy atom. The Kier molecular flexibility index (Phi) is 3.95. The Labute approximate surface area is 102 Å². The van der Waals surface area contributed by atoms with Crippen LogP contribution in [0.1, 0.15) is 40.9 Å². The average molecular weight is 239 g/mol. The molecule has 1 unspecified atom stereocenters. The summed E-state index contributed by atoms with van der Waals surface area (Å²) in [5, 5.41) is 1.26. The van der Waals surface area contributed by atoms with Crippen molar-refractivity contribution in [3.8, 4) is 0 Å². The molecule has 2 heterocycles. The van der Waals surface area contributed by atoms with E-state index < -0.39 is 0 Å². The Morgan fingerprint density at radius 2 is 2.38 bits per heavy atom. The van der Waals surface area contributed by atoms with Crippen LogP contribution < -0.4 is 5.73 Å². The van der Waals surface area contributed by atoms with Crippen LogP contribution in [0, 0.1) is 6.92 Å². The monoisotopic (exact) mass is 239 g/mol. The van der Waals surface area contributed by atoms with E-state index in [1.54, 1.807) is 0 Å². The molecule has 0 bridgehead atoms. The first kappa shape index (κ1) is 12.0. The molecule has 0 spiro atoms. The topological polar surface area (TPSA) is 42.1 Å². The number of nitrogens with two attached hydrogens (primary N) is 1. The molecule has 1 aliphatic heterocycles. The van der Waals surface area contributed by atoms with Gasteiger partial charge in [0.25, 0.3) is 0 Å². The predicted molar refractivity (Wildman–Crippen MR) is 68.8 cm³/mol. The molecule has 0 aliphatic carbocycles. The molecule has 3 nitrogen and oxygen atoms in total. The lowest BCUT2D eigenvalue weighted by atomic mass is 10.1. The van der Waals surface area contributed by atoms with Gasteiger partial charge in [-0.2, -0.15) is 0 Å². The van der Waals surface area contributed by atoms with Crippen LogP contribution in [0.2, 0.25) is 0 Å². The second-order valence-corrected chi connectivity index (χ2v) is 5.87. The Hall–Kier alpha value is -0.450. The first-order valence-electron chi connectivity index (χ1n) is 6.09. The van der Waals surface area contributed by atoms with Crippen LogP contribution in [0.5, 0.6) is 0 Å². The molecule has 1 aromatic heterocycles. The number of likely N-dealkylation sites (tertiary alicyclic amines) is 1. The van der Waals surface area contributed by atoms with Crippen LogP contribution in [0.25, 0.3) is 0 Å². The molecule has 1 fully saturated rings. The number of hydrogen-bond donors (Lipinski definition) is 1. The minimum absolute atomic E-state index is 0.558. The standard InChI is InChI=1S/C12H21N3S/c1-9-12(10-5-4-8-15(10)2)14-11(16-9)6-3-7-13/h10H,3-8,13H2,1-2H3. The van der Waals surface area contributed by atoms with E-state index in [1.165, 1.54) is 35.0 Å². The quantitative estimate of drug-likeness (QED) is 0.875. The van der Waals surface area contributed by atoms with Crippen molar-refractivity contribution in [1.82, 2.24) is 9.88 Å². The third kappa shape index (κ3) is 2.44. The van der Waals surface area contributed by atoms with Gasteiger partial charge >= 0.3 is 0 Å². The van der Waals surface area contributed by atoms with E-state index in [9.17, 15) is 0 Å². The Balaban J connectivity index is 2.11. The van der Waals surface area contributed by atoms with E-state index >= 15 is 0 Å². The van der Waals surface area contributed by atoms with E-state index in [4.69, 9.17) is 10.7 Å². The highest BCUT2D eigenvalue weighted by Crippen LogP contribution is 2.34. The maximum atomic E-state index is 5.53. The van der Waals surface area contributed by atoms with Gasteiger partial charge in [-0.25, -0.2) is 4.98 Å². The lowest BCUT2D eigenvalue weighted by molar-refractivity contribution is 0.311. The highest BCUT2D eigenvalue weighted by atomic mass is 32.1. The minimum Gasteiger partial charge on any atom is -0.330 e. The first-order valence-corrected chi connectivity index (χ1v) is 6.90. The summed E-state index contributed by atoms with van der Waals surface area (Å²) in [4.78, 5) is 8.62. The molecular formula is C12H21N3S. The van der Waals surface area contributed by atoms with Gasteiger partial charge < -0.3 is 5.73 Å². The highest BCUT2D eigenvalue weighted by Gasteiger charge is 2.26. The maximum Gasteiger partial charge on any atom is 0.0932 e. The van der Waals surface area contributed by atoms with Crippen molar-refractivity contribution in [2.75, 3.05) is 20.1 Å². The molecule has 16 heavy (non-hydrogen) atoms. The van der Waals surface area contributed by atoms with Crippen molar-refractivity contribution in [2.45, 2.75) is 38.6 Å². The third-order valence-corrected chi connectivity index (χ3v) is 4.35. The fourth-order valence-corrected chi connectivity index (χ4v) is 3.42. The fraction of sp³-hybridized carbons (Fsp3) is 0.750. The Bertz CT molecular complexity index is 348. The van der Waals surface area contributed by atoms with E-state index in [2.05, 4.69) is 18.9 Å². The second kappa shape index (κ2) is 5.25. The van der Waals surface area contributed by atoms with Crippen molar-refractivity contribution in [1.29, 1.82) is 0 Å². The SMILES string of the molecule is Cc1sc(CCCN)nc1C1CCCN1C. The summed E-state index contributed by atoms with van der Waals surface area (Å²) in [5.41, 5.74) is 6.85. The molecule has 2 rings (SSSR count). The molecule has 4 heteroatoms. The molecule has 90 valence electrons. The predicted octanol–water partition coefficient (Wildman–Crippen LogP) is 2.11. The number of rotatable bonds is 4. The summed E-state index contributed by atoms with van der Waals surface area (Å²) in [6, 6.07) is 0.558. The zero-order chi connectivity index (χ0) is 11.5. The molecule has 2 N–H and O–H groups in total. The van der Waals surface area contributed by atoms with Crippen molar-refractivity contribution < 1.29 is 0 Å². The van der Waals surface area contributed by atoms with Crippen molar-refractivity contribution in [3.63, 3.8) is 0 Å². The number of hydrogen-bond acceptors (Lipinski definition) is 4. The van der Waals surface area contributed by atoms with Gasteiger partial charge in [-0.15, -0.1) is 11.3 Å². The number of nitrogens with zero attached hydrogens (tertiary/aromatic N) is 2. The number of thiazole rings is 1. The van der Waals surface area contributed by atoms with Crippen LogP contribution in [0.4, 0.5) is 0 Å². The fourth-order valence-electron chi connectivity index (χ4n) is 2.39. The summed E-state index contributed by atoms with van der Waals surface area (Å²) in [7, 11) is 2.20. The van der Waals surface area contributed by atoms with E-state index in [0.717, 1.165) is 19.4 Å². The lowest BCUT2D eigenvalue weighted by Crippen LogP contribution is -2.18. The van der Waals surface area contributed by atoms with E-state index in [-0.39, 0.29) is 0 Å². The molecule has 0 amide bonds. The molecular weight excluding hydrogens is 218 g/mol. The van der Waals surface area contributed by atoms with Crippen molar-refractivity contribution in [2.24, 2.45) is 5.73 Å². The van der Waals surface area contributed by atoms with Gasteiger partial charge in [-0.1, -0.05) is 0 Å². The van der Waals surface area contributed by atoms with Gasteiger partial charge in [0.1, 0.15) is 0 Å². The largest absolute Gasteiger partial charge is 0.330 e. The van der Waals surface area contributed by atoms with E-state index in [1.807, 2.05) is 11.3 Å². The lowest BCUT2D eigenvalue weighted by Gasteiger charge is -2.17. The molecule has 1 aliphatic rings. The van der Waals surface area contributed by atoms with Crippen LogP contribution in [0.15, 0.2) is 0 Å². The molecule has 1 aromatic rings. The molecule has 0 saturated carbocycles.